The van der Waals surface area contributed by atoms with E-state index >= 15 is 0 Å². The van der Waals surface area contributed by atoms with E-state index < -0.39 is 6.10 Å². The molecule has 1 heterocycles. The number of anilines is 1. The summed E-state index contributed by atoms with van der Waals surface area (Å²) >= 11 is 0. The molecule has 1 aliphatic heterocycles. The van der Waals surface area contributed by atoms with Gasteiger partial charge in [-0.2, -0.15) is 0 Å². The fraction of sp³-hybridized carbons (Fsp3) is 0.467. The molecule has 3 rings (SSSR count). The lowest BCUT2D eigenvalue weighted by atomic mass is 10.1. The summed E-state index contributed by atoms with van der Waals surface area (Å²) in [7, 11) is 0. The molecule has 1 aromatic rings. The Morgan fingerprint density at radius 1 is 1.30 bits per heavy atom. The Kier molecular flexibility index (Phi) is 3.58. The van der Waals surface area contributed by atoms with E-state index in [1.165, 1.54) is 12.8 Å². The van der Waals surface area contributed by atoms with E-state index in [2.05, 4.69) is 10.6 Å². The number of carbonyl (C=O) groups is 2. The Morgan fingerprint density at radius 2 is 2.05 bits per heavy atom. The average Bonchev–Trinajstić information content (AvgIpc) is 2.92. The van der Waals surface area contributed by atoms with Gasteiger partial charge in [-0.3, -0.25) is 9.59 Å². The fourth-order valence-electron chi connectivity index (χ4n) is 2.75. The van der Waals surface area contributed by atoms with E-state index in [0.29, 0.717) is 11.4 Å². The second-order valence-electron chi connectivity index (χ2n) is 5.34. The lowest BCUT2D eigenvalue weighted by molar-refractivity contribution is -0.130. The van der Waals surface area contributed by atoms with E-state index in [-0.39, 0.29) is 24.3 Å². The number of hydrogen-bond acceptors (Lipinski definition) is 3. The molecule has 0 unspecified atom stereocenters. The number of amides is 2. The molecule has 20 heavy (non-hydrogen) atoms. The van der Waals surface area contributed by atoms with Crippen LogP contribution >= 0.6 is 0 Å². The van der Waals surface area contributed by atoms with Crippen molar-refractivity contribution in [2.45, 2.75) is 44.2 Å². The maximum absolute atomic E-state index is 12.0. The second kappa shape index (κ2) is 5.53. The molecule has 5 heteroatoms. The highest BCUT2D eigenvalue weighted by atomic mass is 16.5. The number of carbonyl (C=O) groups excluding carboxylic acids is 2. The standard InChI is InChI=1S/C15H18N2O3/c18-14(16-10-5-1-2-6-10)9-13-15(19)17-11-7-3-4-8-12(11)20-13/h3-4,7-8,10,13H,1-2,5-6,9H2,(H,16,18)(H,17,19)/t13-/m1/s1. The SMILES string of the molecule is O=C(C[C@H]1Oc2ccccc2NC1=O)NC1CCCC1. The summed E-state index contributed by atoms with van der Waals surface area (Å²) in [6, 6.07) is 7.50. The monoisotopic (exact) mass is 274 g/mol. The van der Waals surface area contributed by atoms with Crippen molar-refractivity contribution in [3.05, 3.63) is 24.3 Å². The van der Waals surface area contributed by atoms with Crippen LogP contribution in [0.2, 0.25) is 0 Å². The summed E-state index contributed by atoms with van der Waals surface area (Å²) in [4.78, 5) is 23.9. The van der Waals surface area contributed by atoms with Crippen molar-refractivity contribution in [1.29, 1.82) is 0 Å². The first kappa shape index (κ1) is 13.0. The maximum Gasteiger partial charge on any atom is 0.266 e. The number of para-hydroxylation sites is 2. The van der Waals surface area contributed by atoms with Crippen LogP contribution in [0.5, 0.6) is 5.75 Å². The molecule has 1 atom stereocenters. The third-order valence-electron chi connectivity index (χ3n) is 3.80. The maximum atomic E-state index is 12.0. The van der Waals surface area contributed by atoms with Gasteiger partial charge in [0.05, 0.1) is 12.1 Å². The third kappa shape index (κ3) is 2.76. The van der Waals surface area contributed by atoms with E-state index in [4.69, 9.17) is 4.74 Å². The van der Waals surface area contributed by atoms with Gasteiger partial charge in [-0.1, -0.05) is 25.0 Å². The summed E-state index contributed by atoms with van der Waals surface area (Å²) in [5.74, 6) is 0.243. The van der Waals surface area contributed by atoms with Crippen molar-refractivity contribution >= 4 is 17.5 Å². The minimum Gasteiger partial charge on any atom is -0.478 e. The van der Waals surface area contributed by atoms with Crippen LogP contribution in [0.25, 0.3) is 0 Å². The van der Waals surface area contributed by atoms with E-state index in [0.717, 1.165) is 12.8 Å². The van der Waals surface area contributed by atoms with Crippen LogP contribution in [0.1, 0.15) is 32.1 Å². The highest BCUT2D eigenvalue weighted by Crippen LogP contribution is 2.29. The molecular formula is C15H18N2O3. The lowest BCUT2D eigenvalue weighted by Crippen LogP contribution is -2.42. The van der Waals surface area contributed by atoms with Gasteiger partial charge in [0.15, 0.2) is 6.10 Å². The molecule has 0 saturated heterocycles. The van der Waals surface area contributed by atoms with Gasteiger partial charge < -0.3 is 15.4 Å². The van der Waals surface area contributed by atoms with Crippen molar-refractivity contribution < 1.29 is 14.3 Å². The molecule has 1 aromatic carbocycles. The highest BCUT2D eigenvalue weighted by Gasteiger charge is 2.30. The van der Waals surface area contributed by atoms with Crippen molar-refractivity contribution in [3.63, 3.8) is 0 Å². The summed E-state index contributed by atoms with van der Waals surface area (Å²) in [5, 5.41) is 5.74. The number of hydrogen-bond donors (Lipinski definition) is 2. The third-order valence-corrected chi connectivity index (χ3v) is 3.80. The molecule has 106 valence electrons. The zero-order valence-electron chi connectivity index (χ0n) is 11.2. The van der Waals surface area contributed by atoms with Crippen molar-refractivity contribution in [3.8, 4) is 5.75 Å². The van der Waals surface area contributed by atoms with Crippen molar-refractivity contribution in [2.24, 2.45) is 0 Å². The molecule has 2 amide bonds. The largest absolute Gasteiger partial charge is 0.478 e. The normalized spacial score (nSPS) is 21.8. The summed E-state index contributed by atoms with van der Waals surface area (Å²) in [6.45, 7) is 0. The number of rotatable bonds is 3. The van der Waals surface area contributed by atoms with Crippen LogP contribution in [-0.2, 0) is 9.59 Å². The Balaban J connectivity index is 1.60. The minimum absolute atomic E-state index is 0.0661. The Morgan fingerprint density at radius 3 is 2.85 bits per heavy atom. The second-order valence-corrected chi connectivity index (χ2v) is 5.34. The van der Waals surface area contributed by atoms with Gasteiger partial charge in [0.1, 0.15) is 5.75 Å². The molecular weight excluding hydrogens is 256 g/mol. The molecule has 5 nitrogen and oxygen atoms in total. The molecule has 1 saturated carbocycles. The first-order valence-corrected chi connectivity index (χ1v) is 7.08. The van der Waals surface area contributed by atoms with Crippen molar-refractivity contribution in [2.75, 3.05) is 5.32 Å². The quantitative estimate of drug-likeness (QED) is 0.883. The zero-order valence-corrected chi connectivity index (χ0v) is 11.2. The Bertz CT molecular complexity index is 524. The molecule has 1 aliphatic carbocycles. The van der Waals surface area contributed by atoms with Crippen LogP contribution in [0.15, 0.2) is 24.3 Å². The van der Waals surface area contributed by atoms with Crippen LogP contribution in [-0.4, -0.2) is 24.0 Å². The van der Waals surface area contributed by atoms with E-state index in [1.807, 2.05) is 12.1 Å². The van der Waals surface area contributed by atoms with E-state index in [1.54, 1.807) is 12.1 Å². The van der Waals surface area contributed by atoms with E-state index in [9.17, 15) is 9.59 Å². The number of ether oxygens (including phenoxy) is 1. The summed E-state index contributed by atoms with van der Waals surface area (Å²) in [5.41, 5.74) is 0.657. The predicted octanol–water partition coefficient (Wildman–Crippen LogP) is 1.83. The van der Waals surface area contributed by atoms with Gasteiger partial charge in [0.2, 0.25) is 5.91 Å². The van der Waals surface area contributed by atoms with Gasteiger partial charge in [0, 0.05) is 6.04 Å². The van der Waals surface area contributed by atoms with Crippen LogP contribution in [0.3, 0.4) is 0 Å². The van der Waals surface area contributed by atoms with Gasteiger partial charge in [-0.25, -0.2) is 0 Å². The molecule has 1 fully saturated rings. The van der Waals surface area contributed by atoms with Crippen LogP contribution in [0.4, 0.5) is 5.69 Å². The topological polar surface area (TPSA) is 67.4 Å². The van der Waals surface area contributed by atoms with Gasteiger partial charge in [-0.15, -0.1) is 0 Å². The first-order valence-electron chi connectivity index (χ1n) is 7.08. The average molecular weight is 274 g/mol. The Labute approximate surface area is 117 Å². The van der Waals surface area contributed by atoms with Crippen LogP contribution in [0, 0.1) is 0 Å². The molecule has 0 bridgehead atoms. The van der Waals surface area contributed by atoms with Gasteiger partial charge >= 0.3 is 0 Å². The zero-order chi connectivity index (χ0) is 13.9. The predicted molar refractivity (Wildman–Crippen MR) is 74.5 cm³/mol. The smallest absolute Gasteiger partial charge is 0.266 e. The molecule has 2 N–H and O–H groups in total. The Hall–Kier alpha value is -2.04. The fourth-order valence-corrected chi connectivity index (χ4v) is 2.75. The molecule has 0 spiro atoms. The van der Waals surface area contributed by atoms with Crippen LogP contribution < -0.4 is 15.4 Å². The number of benzene rings is 1. The van der Waals surface area contributed by atoms with Gasteiger partial charge in [0.25, 0.3) is 5.91 Å². The highest BCUT2D eigenvalue weighted by molar-refractivity contribution is 5.99. The molecule has 2 aliphatic rings. The van der Waals surface area contributed by atoms with Gasteiger partial charge in [-0.05, 0) is 25.0 Å². The molecule has 0 aromatic heterocycles. The number of fused-ring (bicyclic) bond motifs is 1. The lowest BCUT2D eigenvalue weighted by Gasteiger charge is -2.25. The first-order chi connectivity index (χ1) is 9.72. The molecule has 0 radical (unpaired) electrons. The minimum atomic E-state index is -0.744. The summed E-state index contributed by atoms with van der Waals surface area (Å²) in [6.07, 6.45) is 3.72. The number of nitrogens with one attached hydrogen (secondary N) is 2. The summed E-state index contributed by atoms with van der Waals surface area (Å²) < 4.78 is 5.61. The van der Waals surface area contributed by atoms with Crippen molar-refractivity contribution in [1.82, 2.24) is 5.32 Å².